The SMILES string of the molecule is N#Cc1cc(NCC2(CCO)CC2)nc2ccccc12. The van der Waals surface area contributed by atoms with Crippen molar-refractivity contribution in [1.29, 1.82) is 5.26 Å². The molecule has 0 spiro atoms. The van der Waals surface area contributed by atoms with Crippen LogP contribution in [0.5, 0.6) is 0 Å². The highest BCUT2D eigenvalue weighted by Gasteiger charge is 2.41. The quantitative estimate of drug-likeness (QED) is 0.874. The van der Waals surface area contributed by atoms with Crippen LogP contribution in [0.15, 0.2) is 30.3 Å². The number of anilines is 1. The molecule has 0 unspecified atom stereocenters. The standard InChI is InChI=1S/C16H17N3O/c17-10-12-9-15(18-11-16(5-6-16)7-8-20)19-14-4-2-1-3-13(12)14/h1-4,9,20H,5-8,11H2,(H,18,19). The van der Waals surface area contributed by atoms with Gasteiger partial charge in [0, 0.05) is 18.5 Å². The van der Waals surface area contributed by atoms with Crippen molar-refractivity contribution >= 4 is 16.7 Å². The Hall–Kier alpha value is -2.12. The summed E-state index contributed by atoms with van der Waals surface area (Å²) in [6.07, 6.45) is 3.14. The van der Waals surface area contributed by atoms with E-state index in [9.17, 15) is 5.26 Å². The third-order valence-corrected chi connectivity index (χ3v) is 4.08. The number of nitrogens with zero attached hydrogens (tertiary/aromatic N) is 2. The van der Waals surface area contributed by atoms with E-state index in [-0.39, 0.29) is 12.0 Å². The molecule has 0 saturated heterocycles. The molecular formula is C16H17N3O. The summed E-state index contributed by atoms with van der Waals surface area (Å²) in [5.41, 5.74) is 1.71. The fourth-order valence-corrected chi connectivity index (χ4v) is 2.57. The molecule has 2 N–H and O–H groups in total. The molecule has 0 radical (unpaired) electrons. The van der Waals surface area contributed by atoms with Crippen molar-refractivity contribution in [3.63, 3.8) is 0 Å². The first-order chi connectivity index (χ1) is 9.76. The first-order valence-corrected chi connectivity index (χ1v) is 6.91. The Labute approximate surface area is 118 Å². The third-order valence-electron chi connectivity index (χ3n) is 4.08. The molecule has 0 atom stereocenters. The van der Waals surface area contributed by atoms with Crippen molar-refractivity contribution in [3.05, 3.63) is 35.9 Å². The summed E-state index contributed by atoms with van der Waals surface area (Å²) in [4.78, 5) is 4.55. The van der Waals surface area contributed by atoms with Crippen LogP contribution in [-0.2, 0) is 0 Å². The Kier molecular flexibility index (Phi) is 3.29. The lowest BCUT2D eigenvalue weighted by atomic mass is 10.0. The van der Waals surface area contributed by atoms with Crippen LogP contribution in [0.3, 0.4) is 0 Å². The molecule has 2 aromatic rings. The molecule has 3 rings (SSSR count). The topological polar surface area (TPSA) is 68.9 Å². The van der Waals surface area contributed by atoms with E-state index >= 15 is 0 Å². The van der Waals surface area contributed by atoms with Crippen molar-refractivity contribution in [2.75, 3.05) is 18.5 Å². The zero-order valence-electron chi connectivity index (χ0n) is 11.3. The van der Waals surface area contributed by atoms with Crippen LogP contribution < -0.4 is 5.32 Å². The van der Waals surface area contributed by atoms with Crippen molar-refractivity contribution in [3.8, 4) is 6.07 Å². The lowest BCUT2D eigenvalue weighted by Crippen LogP contribution is -2.17. The summed E-state index contributed by atoms with van der Waals surface area (Å²) < 4.78 is 0. The van der Waals surface area contributed by atoms with Crippen molar-refractivity contribution in [1.82, 2.24) is 4.98 Å². The number of benzene rings is 1. The largest absolute Gasteiger partial charge is 0.396 e. The van der Waals surface area contributed by atoms with Crippen molar-refractivity contribution < 1.29 is 5.11 Å². The molecule has 102 valence electrons. The summed E-state index contributed by atoms with van der Waals surface area (Å²) in [5.74, 6) is 0.740. The maximum Gasteiger partial charge on any atom is 0.128 e. The van der Waals surface area contributed by atoms with Crippen LogP contribution >= 0.6 is 0 Å². The fourth-order valence-electron chi connectivity index (χ4n) is 2.57. The number of aromatic nitrogens is 1. The van der Waals surface area contributed by atoms with E-state index in [0.29, 0.717) is 5.56 Å². The highest BCUT2D eigenvalue weighted by atomic mass is 16.3. The van der Waals surface area contributed by atoms with Gasteiger partial charge < -0.3 is 10.4 Å². The maximum absolute atomic E-state index is 9.25. The molecule has 0 aliphatic heterocycles. The van der Waals surface area contributed by atoms with Gasteiger partial charge in [0.15, 0.2) is 0 Å². The molecule has 0 bridgehead atoms. The minimum absolute atomic E-state index is 0.231. The third kappa shape index (κ3) is 2.45. The number of aliphatic hydroxyl groups is 1. The second-order valence-corrected chi connectivity index (χ2v) is 5.51. The van der Waals surface area contributed by atoms with E-state index in [1.165, 1.54) is 0 Å². The molecule has 1 aromatic carbocycles. The number of nitriles is 1. The molecule has 4 nitrogen and oxygen atoms in total. The molecule has 20 heavy (non-hydrogen) atoms. The van der Waals surface area contributed by atoms with Crippen molar-refractivity contribution in [2.45, 2.75) is 19.3 Å². The lowest BCUT2D eigenvalue weighted by Gasteiger charge is -2.15. The number of hydrogen-bond acceptors (Lipinski definition) is 4. The zero-order chi connectivity index (χ0) is 14.0. The van der Waals surface area contributed by atoms with Gasteiger partial charge in [0.25, 0.3) is 0 Å². The van der Waals surface area contributed by atoms with Gasteiger partial charge in [0.05, 0.1) is 17.1 Å². The Morgan fingerprint density at radius 1 is 1.35 bits per heavy atom. The molecule has 1 aliphatic rings. The predicted octanol–water partition coefficient (Wildman–Crippen LogP) is 2.68. The van der Waals surface area contributed by atoms with Gasteiger partial charge in [-0.05, 0) is 36.8 Å². The average molecular weight is 267 g/mol. The number of para-hydroxylation sites is 1. The van der Waals surface area contributed by atoms with Crippen LogP contribution in [-0.4, -0.2) is 23.2 Å². The molecule has 1 fully saturated rings. The van der Waals surface area contributed by atoms with Crippen LogP contribution in [0.1, 0.15) is 24.8 Å². The number of rotatable bonds is 5. The first kappa shape index (κ1) is 12.9. The highest BCUT2D eigenvalue weighted by Crippen LogP contribution is 2.48. The lowest BCUT2D eigenvalue weighted by molar-refractivity contribution is 0.253. The second kappa shape index (κ2) is 5.10. The number of nitrogens with one attached hydrogen (secondary N) is 1. The summed E-state index contributed by atoms with van der Waals surface area (Å²) in [5, 5.41) is 22.5. The Bertz CT molecular complexity index is 671. The van der Waals surface area contributed by atoms with Gasteiger partial charge in [0.1, 0.15) is 5.82 Å². The van der Waals surface area contributed by atoms with Gasteiger partial charge in [-0.2, -0.15) is 5.26 Å². The van der Waals surface area contributed by atoms with Gasteiger partial charge in [-0.15, -0.1) is 0 Å². The minimum Gasteiger partial charge on any atom is -0.396 e. The smallest absolute Gasteiger partial charge is 0.128 e. The Morgan fingerprint density at radius 3 is 2.85 bits per heavy atom. The van der Waals surface area contributed by atoms with Gasteiger partial charge in [-0.3, -0.25) is 0 Å². The monoisotopic (exact) mass is 267 g/mol. The van der Waals surface area contributed by atoms with Gasteiger partial charge >= 0.3 is 0 Å². The molecule has 1 heterocycles. The predicted molar refractivity (Wildman–Crippen MR) is 78.3 cm³/mol. The van der Waals surface area contributed by atoms with Crippen LogP contribution in [0.25, 0.3) is 10.9 Å². The number of hydrogen-bond donors (Lipinski definition) is 2. The van der Waals surface area contributed by atoms with Gasteiger partial charge in [0.2, 0.25) is 0 Å². The number of pyridine rings is 1. The Morgan fingerprint density at radius 2 is 2.15 bits per heavy atom. The average Bonchev–Trinajstić information content (AvgIpc) is 3.25. The van der Waals surface area contributed by atoms with E-state index in [2.05, 4.69) is 16.4 Å². The maximum atomic E-state index is 9.25. The van der Waals surface area contributed by atoms with Crippen LogP contribution in [0, 0.1) is 16.7 Å². The second-order valence-electron chi connectivity index (χ2n) is 5.51. The zero-order valence-corrected chi connectivity index (χ0v) is 11.3. The number of fused-ring (bicyclic) bond motifs is 1. The van der Waals surface area contributed by atoms with E-state index in [1.54, 1.807) is 6.07 Å². The van der Waals surface area contributed by atoms with Crippen LogP contribution in [0.4, 0.5) is 5.82 Å². The van der Waals surface area contributed by atoms with Gasteiger partial charge in [-0.25, -0.2) is 4.98 Å². The molecule has 4 heteroatoms. The summed E-state index contributed by atoms with van der Waals surface area (Å²) in [6.45, 7) is 1.04. The highest BCUT2D eigenvalue weighted by molar-refractivity contribution is 5.86. The van der Waals surface area contributed by atoms with Gasteiger partial charge in [-0.1, -0.05) is 18.2 Å². The minimum atomic E-state index is 0.231. The number of aliphatic hydroxyl groups excluding tert-OH is 1. The first-order valence-electron chi connectivity index (χ1n) is 6.91. The summed E-state index contributed by atoms with van der Waals surface area (Å²) in [7, 11) is 0. The molecule has 1 saturated carbocycles. The summed E-state index contributed by atoms with van der Waals surface area (Å²) in [6, 6.07) is 11.7. The van der Waals surface area contributed by atoms with E-state index < -0.39 is 0 Å². The van der Waals surface area contributed by atoms with Crippen LogP contribution in [0.2, 0.25) is 0 Å². The molecule has 1 aromatic heterocycles. The normalized spacial score (nSPS) is 15.8. The molecule has 1 aliphatic carbocycles. The van der Waals surface area contributed by atoms with Crippen molar-refractivity contribution in [2.24, 2.45) is 5.41 Å². The summed E-state index contributed by atoms with van der Waals surface area (Å²) >= 11 is 0. The van der Waals surface area contributed by atoms with E-state index in [0.717, 1.165) is 42.5 Å². The molecular weight excluding hydrogens is 250 g/mol. The van der Waals surface area contributed by atoms with E-state index in [1.807, 2.05) is 24.3 Å². The molecule has 0 amide bonds. The van der Waals surface area contributed by atoms with E-state index in [4.69, 9.17) is 5.11 Å². The Balaban J connectivity index is 1.84. The fraction of sp³-hybridized carbons (Fsp3) is 0.375.